The van der Waals surface area contributed by atoms with Gasteiger partial charge in [-0.15, -0.1) is 0 Å². The number of nitrogens with zero attached hydrogens (tertiary/aromatic N) is 2. The number of halogens is 3. The van der Waals surface area contributed by atoms with Crippen LogP contribution in [0.15, 0.2) is 42.6 Å². The zero-order chi connectivity index (χ0) is 19.9. The van der Waals surface area contributed by atoms with Gasteiger partial charge >= 0.3 is 6.18 Å². The molecule has 2 unspecified atom stereocenters. The average Bonchev–Trinajstić information content (AvgIpc) is 3.20. The van der Waals surface area contributed by atoms with Crippen LogP contribution in [0.5, 0.6) is 0 Å². The Morgan fingerprint density at radius 3 is 2.79 bits per heavy atom. The Bertz CT molecular complexity index is 869. The van der Waals surface area contributed by atoms with Crippen molar-refractivity contribution in [2.75, 3.05) is 18.4 Å². The Kier molecular flexibility index (Phi) is 4.87. The lowest BCUT2D eigenvalue weighted by atomic mass is 9.97. The van der Waals surface area contributed by atoms with Crippen molar-refractivity contribution >= 4 is 11.6 Å². The second-order valence-electron chi connectivity index (χ2n) is 7.71. The Balaban J connectivity index is 1.50. The van der Waals surface area contributed by atoms with E-state index in [1.165, 1.54) is 4.90 Å². The van der Waals surface area contributed by atoms with E-state index in [0.717, 1.165) is 23.2 Å². The first kappa shape index (κ1) is 18.9. The number of benzene rings is 1. The van der Waals surface area contributed by atoms with Gasteiger partial charge in [-0.3, -0.25) is 14.7 Å². The minimum absolute atomic E-state index is 0.00643. The van der Waals surface area contributed by atoms with Crippen molar-refractivity contribution in [1.82, 2.24) is 9.88 Å². The van der Waals surface area contributed by atoms with Crippen molar-refractivity contribution in [2.45, 2.75) is 32.0 Å². The fourth-order valence-corrected chi connectivity index (χ4v) is 4.63. The summed E-state index contributed by atoms with van der Waals surface area (Å²) in [4.78, 5) is 18.7. The number of fused-ring (bicyclic) bond motifs is 2. The predicted molar refractivity (Wildman–Crippen MR) is 101 cm³/mol. The lowest BCUT2D eigenvalue weighted by Gasteiger charge is -2.27. The highest BCUT2D eigenvalue weighted by atomic mass is 19.4. The van der Waals surface area contributed by atoms with Gasteiger partial charge in [-0.25, -0.2) is 0 Å². The number of hydrogen-bond acceptors (Lipinski definition) is 3. The predicted octanol–water partition coefficient (Wildman–Crippen LogP) is 4.27. The minimum atomic E-state index is -4.24. The molecule has 1 aliphatic carbocycles. The molecule has 1 saturated heterocycles. The molecule has 1 aromatic carbocycles. The molecule has 0 spiro atoms. The molecule has 148 valence electrons. The summed E-state index contributed by atoms with van der Waals surface area (Å²) >= 11 is 0. The summed E-state index contributed by atoms with van der Waals surface area (Å²) in [6.45, 7) is 1.38. The van der Waals surface area contributed by atoms with E-state index in [0.29, 0.717) is 18.7 Å². The molecule has 1 aromatic heterocycles. The quantitative estimate of drug-likeness (QED) is 0.850. The molecule has 7 heteroatoms. The second kappa shape index (κ2) is 7.20. The average molecular weight is 389 g/mol. The fraction of sp³-hybridized carbons (Fsp3) is 0.429. The van der Waals surface area contributed by atoms with Crippen LogP contribution in [-0.2, 0) is 4.79 Å². The molecule has 4 nitrogen and oxygen atoms in total. The van der Waals surface area contributed by atoms with Gasteiger partial charge in [-0.2, -0.15) is 13.2 Å². The van der Waals surface area contributed by atoms with Crippen LogP contribution in [0.1, 0.15) is 18.4 Å². The monoisotopic (exact) mass is 389 g/mol. The van der Waals surface area contributed by atoms with Crippen LogP contribution >= 0.6 is 0 Å². The first-order chi connectivity index (χ1) is 13.3. The summed E-state index contributed by atoms with van der Waals surface area (Å²) in [6, 6.07) is 10.9. The molecule has 1 saturated carbocycles. The molecular formula is C21H22F3N3O. The molecule has 2 fully saturated rings. The van der Waals surface area contributed by atoms with Gasteiger partial charge < -0.3 is 5.32 Å². The zero-order valence-corrected chi connectivity index (χ0v) is 15.5. The largest absolute Gasteiger partial charge is 0.401 e. The van der Waals surface area contributed by atoms with E-state index in [2.05, 4.69) is 10.3 Å². The third-order valence-corrected chi connectivity index (χ3v) is 5.82. The van der Waals surface area contributed by atoms with Crippen LogP contribution in [0.25, 0.3) is 11.3 Å². The summed E-state index contributed by atoms with van der Waals surface area (Å²) < 4.78 is 38.4. The lowest BCUT2D eigenvalue weighted by molar-refractivity contribution is -0.150. The zero-order valence-electron chi connectivity index (χ0n) is 15.5. The number of aromatic nitrogens is 1. The Morgan fingerprint density at radius 1 is 1.25 bits per heavy atom. The number of rotatable bonds is 4. The number of likely N-dealkylation sites (tertiary alicyclic amines) is 1. The molecule has 1 amide bonds. The fourth-order valence-electron chi connectivity index (χ4n) is 4.63. The van der Waals surface area contributed by atoms with E-state index in [1.807, 2.05) is 43.3 Å². The summed E-state index contributed by atoms with van der Waals surface area (Å²) in [6.07, 6.45) is -1.07. The van der Waals surface area contributed by atoms with E-state index in [9.17, 15) is 18.0 Å². The molecule has 3 atom stereocenters. The maximum Gasteiger partial charge on any atom is 0.401 e. The van der Waals surface area contributed by atoms with Gasteiger partial charge in [0.1, 0.15) is 0 Å². The SMILES string of the molecule is Cc1ccc(NC(=O)C2C3CC[C@H]2N(CC(F)(F)F)C3)cc1-c1ccccn1. The third kappa shape index (κ3) is 3.76. The molecule has 0 radical (unpaired) electrons. The van der Waals surface area contributed by atoms with Crippen LogP contribution in [0, 0.1) is 18.8 Å². The highest BCUT2D eigenvalue weighted by Gasteiger charge is 2.52. The molecule has 2 heterocycles. The highest BCUT2D eigenvalue weighted by molar-refractivity contribution is 5.94. The lowest BCUT2D eigenvalue weighted by Crippen LogP contribution is -2.41. The van der Waals surface area contributed by atoms with E-state index in [-0.39, 0.29) is 23.8 Å². The number of aryl methyl sites for hydroxylation is 1. The summed E-state index contributed by atoms with van der Waals surface area (Å²) in [5, 5.41) is 2.93. The van der Waals surface area contributed by atoms with E-state index >= 15 is 0 Å². The van der Waals surface area contributed by atoms with Crippen LogP contribution in [-0.4, -0.2) is 41.1 Å². The number of amides is 1. The maximum absolute atomic E-state index is 12.9. The summed E-state index contributed by atoms with van der Waals surface area (Å²) in [7, 11) is 0. The van der Waals surface area contributed by atoms with Crippen molar-refractivity contribution < 1.29 is 18.0 Å². The van der Waals surface area contributed by atoms with Crippen molar-refractivity contribution in [2.24, 2.45) is 11.8 Å². The molecular weight excluding hydrogens is 367 g/mol. The Hall–Kier alpha value is -2.41. The van der Waals surface area contributed by atoms with E-state index < -0.39 is 12.7 Å². The van der Waals surface area contributed by atoms with Gasteiger partial charge in [-0.05, 0) is 55.5 Å². The molecule has 2 bridgehead atoms. The molecule has 1 N–H and O–H groups in total. The normalized spacial score (nSPS) is 24.5. The third-order valence-electron chi connectivity index (χ3n) is 5.82. The van der Waals surface area contributed by atoms with Crippen LogP contribution in [0.4, 0.5) is 18.9 Å². The standard InChI is InChI=1S/C21H22F3N3O/c1-13-5-7-15(10-16(13)17-4-2-3-9-25-17)26-20(28)19-14-6-8-18(19)27(11-14)12-21(22,23)24/h2-5,7,9-10,14,18-19H,6,8,11-12H2,1H3,(H,26,28)/t14?,18-,19?/m1/s1. The number of carbonyl (C=O) groups excluding carboxylic acids is 1. The van der Waals surface area contributed by atoms with Crippen molar-refractivity contribution in [1.29, 1.82) is 0 Å². The molecule has 2 aromatic rings. The number of nitrogens with one attached hydrogen (secondary N) is 1. The van der Waals surface area contributed by atoms with Crippen LogP contribution < -0.4 is 5.32 Å². The minimum Gasteiger partial charge on any atom is -0.326 e. The summed E-state index contributed by atoms with van der Waals surface area (Å²) in [5.74, 6) is -0.581. The van der Waals surface area contributed by atoms with Crippen LogP contribution in [0.3, 0.4) is 0 Å². The molecule has 4 rings (SSSR count). The van der Waals surface area contributed by atoms with E-state index in [1.54, 1.807) is 6.20 Å². The summed E-state index contributed by atoms with van der Waals surface area (Å²) in [5.41, 5.74) is 3.42. The molecule has 2 aliphatic rings. The number of alkyl halides is 3. The first-order valence-electron chi connectivity index (χ1n) is 9.45. The van der Waals surface area contributed by atoms with Crippen molar-refractivity contribution in [3.8, 4) is 11.3 Å². The van der Waals surface area contributed by atoms with Gasteiger partial charge in [0.15, 0.2) is 0 Å². The smallest absolute Gasteiger partial charge is 0.326 e. The number of hydrogen-bond donors (Lipinski definition) is 1. The van der Waals surface area contributed by atoms with Gasteiger partial charge in [0, 0.05) is 30.0 Å². The van der Waals surface area contributed by atoms with Gasteiger partial charge in [0.25, 0.3) is 0 Å². The second-order valence-corrected chi connectivity index (χ2v) is 7.71. The van der Waals surface area contributed by atoms with Crippen molar-refractivity contribution in [3.63, 3.8) is 0 Å². The van der Waals surface area contributed by atoms with Gasteiger partial charge in [0.2, 0.25) is 5.91 Å². The number of piperidine rings is 1. The van der Waals surface area contributed by atoms with Gasteiger partial charge in [0.05, 0.1) is 18.2 Å². The first-order valence-corrected chi connectivity index (χ1v) is 9.45. The molecule has 28 heavy (non-hydrogen) atoms. The van der Waals surface area contributed by atoms with E-state index in [4.69, 9.17) is 0 Å². The van der Waals surface area contributed by atoms with Crippen molar-refractivity contribution in [3.05, 3.63) is 48.2 Å². The Labute approximate surface area is 161 Å². The van der Waals surface area contributed by atoms with Gasteiger partial charge in [-0.1, -0.05) is 12.1 Å². The number of anilines is 1. The van der Waals surface area contributed by atoms with Crippen LogP contribution in [0.2, 0.25) is 0 Å². The molecule has 1 aliphatic heterocycles. The topological polar surface area (TPSA) is 45.2 Å². The number of pyridine rings is 1. The maximum atomic E-state index is 12.9. The highest BCUT2D eigenvalue weighted by Crippen LogP contribution is 2.44. The number of carbonyl (C=O) groups is 1. The Morgan fingerprint density at radius 2 is 2.07 bits per heavy atom.